The third-order valence-electron chi connectivity index (χ3n) is 3.30. The van der Waals surface area contributed by atoms with Crippen molar-refractivity contribution in [1.82, 2.24) is 9.55 Å². The lowest BCUT2D eigenvalue weighted by Crippen LogP contribution is -1.98. The van der Waals surface area contributed by atoms with Crippen LogP contribution in [-0.2, 0) is 6.42 Å². The quantitative estimate of drug-likeness (QED) is 0.798. The van der Waals surface area contributed by atoms with Gasteiger partial charge in [-0.3, -0.25) is 4.57 Å². The van der Waals surface area contributed by atoms with Crippen molar-refractivity contribution < 1.29 is 9.90 Å². The zero-order valence-corrected chi connectivity index (χ0v) is 11.0. The summed E-state index contributed by atoms with van der Waals surface area (Å²) < 4.78 is 1.83. The Morgan fingerprint density at radius 2 is 2.00 bits per heavy atom. The first-order valence-electron chi connectivity index (χ1n) is 6.36. The van der Waals surface area contributed by atoms with Crippen molar-refractivity contribution in [1.29, 1.82) is 5.26 Å². The first-order chi connectivity index (χ1) is 10.2. The van der Waals surface area contributed by atoms with Gasteiger partial charge in [0.2, 0.25) is 0 Å². The van der Waals surface area contributed by atoms with Gasteiger partial charge in [0.05, 0.1) is 23.6 Å². The molecule has 0 radical (unpaired) electrons. The zero-order valence-electron chi connectivity index (χ0n) is 11.0. The third-order valence-corrected chi connectivity index (χ3v) is 3.30. The summed E-state index contributed by atoms with van der Waals surface area (Å²) in [6, 6.07) is 14.7. The summed E-state index contributed by atoms with van der Waals surface area (Å²) in [7, 11) is 0. The van der Waals surface area contributed by atoms with E-state index in [1.54, 1.807) is 12.4 Å². The molecule has 1 aromatic heterocycles. The number of aromatic nitrogens is 2. The SMILES string of the molecule is N#CCc1ccc(-n2cnc3c(C(=O)O)cccc32)cc1. The third kappa shape index (κ3) is 2.23. The second kappa shape index (κ2) is 5.10. The monoisotopic (exact) mass is 277 g/mol. The molecule has 3 rings (SSSR count). The molecule has 3 aromatic rings. The van der Waals surface area contributed by atoms with E-state index in [-0.39, 0.29) is 5.56 Å². The predicted octanol–water partition coefficient (Wildman–Crippen LogP) is 2.79. The Labute approximate surface area is 120 Å². The van der Waals surface area contributed by atoms with Gasteiger partial charge in [0.1, 0.15) is 11.8 Å². The molecule has 0 spiro atoms. The minimum atomic E-state index is -0.991. The Bertz CT molecular complexity index is 857. The van der Waals surface area contributed by atoms with E-state index in [1.807, 2.05) is 34.9 Å². The molecule has 0 unspecified atom stereocenters. The van der Waals surface area contributed by atoms with Crippen molar-refractivity contribution in [2.45, 2.75) is 6.42 Å². The molecule has 0 atom stereocenters. The lowest BCUT2D eigenvalue weighted by Gasteiger charge is -2.05. The molecule has 0 saturated heterocycles. The van der Waals surface area contributed by atoms with Crippen molar-refractivity contribution in [3.8, 4) is 11.8 Å². The average molecular weight is 277 g/mol. The molecule has 5 nitrogen and oxygen atoms in total. The minimum absolute atomic E-state index is 0.187. The molecule has 0 fully saturated rings. The predicted molar refractivity (Wildman–Crippen MR) is 77.3 cm³/mol. The highest BCUT2D eigenvalue weighted by Crippen LogP contribution is 2.21. The molecule has 0 saturated carbocycles. The van der Waals surface area contributed by atoms with Gasteiger partial charge in [-0.15, -0.1) is 0 Å². The number of imidazole rings is 1. The van der Waals surface area contributed by atoms with Gasteiger partial charge < -0.3 is 5.11 Å². The van der Waals surface area contributed by atoms with Gasteiger partial charge in [0.15, 0.2) is 0 Å². The number of nitriles is 1. The molecule has 1 heterocycles. The van der Waals surface area contributed by atoms with Crippen molar-refractivity contribution >= 4 is 17.0 Å². The second-order valence-corrected chi connectivity index (χ2v) is 4.59. The smallest absolute Gasteiger partial charge is 0.337 e. The molecule has 2 aromatic carbocycles. The van der Waals surface area contributed by atoms with Gasteiger partial charge in [0.25, 0.3) is 0 Å². The van der Waals surface area contributed by atoms with Gasteiger partial charge in [0, 0.05) is 5.69 Å². The number of carboxylic acids is 1. The first-order valence-corrected chi connectivity index (χ1v) is 6.36. The number of fused-ring (bicyclic) bond motifs is 1. The number of rotatable bonds is 3. The fourth-order valence-corrected chi connectivity index (χ4v) is 2.28. The summed E-state index contributed by atoms with van der Waals surface area (Å²) in [5.41, 5.74) is 3.21. The van der Waals surface area contributed by atoms with Crippen LogP contribution in [0.5, 0.6) is 0 Å². The van der Waals surface area contributed by atoms with Gasteiger partial charge in [-0.1, -0.05) is 18.2 Å². The van der Waals surface area contributed by atoms with Crippen molar-refractivity contribution in [2.75, 3.05) is 0 Å². The molecule has 21 heavy (non-hydrogen) atoms. The zero-order chi connectivity index (χ0) is 14.8. The van der Waals surface area contributed by atoms with E-state index >= 15 is 0 Å². The van der Waals surface area contributed by atoms with Crippen LogP contribution < -0.4 is 0 Å². The van der Waals surface area contributed by atoms with Crippen molar-refractivity contribution in [3.05, 3.63) is 59.9 Å². The van der Waals surface area contributed by atoms with Gasteiger partial charge in [-0.25, -0.2) is 9.78 Å². The Balaban J connectivity index is 2.11. The lowest BCUT2D eigenvalue weighted by molar-refractivity contribution is 0.0699. The molecule has 0 bridgehead atoms. The maximum Gasteiger partial charge on any atom is 0.337 e. The molecule has 0 amide bonds. The summed E-state index contributed by atoms with van der Waals surface area (Å²) in [5.74, 6) is -0.991. The number of hydrogen-bond acceptors (Lipinski definition) is 3. The molecule has 5 heteroatoms. The Morgan fingerprint density at radius 3 is 2.67 bits per heavy atom. The van der Waals surface area contributed by atoms with E-state index in [2.05, 4.69) is 11.1 Å². The molecule has 0 aliphatic carbocycles. The molecular weight excluding hydrogens is 266 g/mol. The van der Waals surface area contributed by atoms with E-state index in [0.717, 1.165) is 16.8 Å². The van der Waals surface area contributed by atoms with Crippen molar-refractivity contribution in [2.24, 2.45) is 0 Å². The first kappa shape index (κ1) is 12.9. The fourth-order valence-electron chi connectivity index (χ4n) is 2.28. The van der Waals surface area contributed by atoms with E-state index in [9.17, 15) is 9.90 Å². The summed E-state index contributed by atoms with van der Waals surface area (Å²) in [6.45, 7) is 0. The number of aromatic carboxylic acids is 1. The number of nitrogens with zero attached hydrogens (tertiary/aromatic N) is 3. The summed E-state index contributed by atoms with van der Waals surface area (Å²) in [6.07, 6.45) is 1.98. The highest BCUT2D eigenvalue weighted by atomic mass is 16.4. The summed E-state index contributed by atoms with van der Waals surface area (Å²) in [4.78, 5) is 15.4. The van der Waals surface area contributed by atoms with Gasteiger partial charge >= 0.3 is 5.97 Å². The summed E-state index contributed by atoms with van der Waals surface area (Å²) in [5, 5.41) is 17.9. The van der Waals surface area contributed by atoms with E-state index in [0.29, 0.717) is 11.9 Å². The second-order valence-electron chi connectivity index (χ2n) is 4.59. The molecule has 0 aliphatic heterocycles. The number of carboxylic acid groups (broad SMARTS) is 1. The van der Waals surface area contributed by atoms with Gasteiger partial charge in [-0.05, 0) is 29.8 Å². The fraction of sp³-hybridized carbons (Fsp3) is 0.0625. The van der Waals surface area contributed by atoms with Crippen LogP contribution in [0, 0.1) is 11.3 Å². The van der Waals surface area contributed by atoms with Crippen LogP contribution >= 0.6 is 0 Å². The Hall–Kier alpha value is -3.13. The number of hydrogen-bond donors (Lipinski definition) is 1. The van der Waals surface area contributed by atoms with Crippen LogP contribution in [0.25, 0.3) is 16.7 Å². The maximum absolute atomic E-state index is 11.2. The van der Waals surface area contributed by atoms with Crippen molar-refractivity contribution in [3.63, 3.8) is 0 Å². The topological polar surface area (TPSA) is 78.9 Å². The van der Waals surface area contributed by atoms with Crippen LogP contribution in [0.4, 0.5) is 0 Å². The molecular formula is C16H11N3O2. The van der Waals surface area contributed by atoms with Crippen LogP contribution in [0.15, 0.2) is 48.8 Å². The lowest BCUT2D eigenvalue weighted by atomic mass is 10.1. The molecule has 102 valence electrons. The van der Waals surface area contributed by atoms with Gasteiger partial charge in [-0.2, -0.15) is 5.26 Å². The highest BCUT2D eigenvalue weighted by Gasteiger charge is 2.12. The highest BCUT2D eigenvalue weighted by molar-refractivity contribution is 6.01. The number of carbonyl (C=O) groups is 1. The van der Waals surface area contributed by atoms with Crippen LogP contribution in [0.2, 0.25) is 0 Å². The molecule has 1 N–H and O–H groups in total. The number of benzene rings is 2. The van der Waals surface area contributed by atoms with Crippen LogP contribution in [0.1, 0.15) is 15.9 Å². The normalized spacial score (nSPS) is 10.4. The average Bonchev–Trinajstić information content (AvgIpc) is 2.92. The standard InChI is InChI=1S/C16H11N3O2/c17-9-8-11-4-6-12(7-5-11)19-10-18-15-13(16(20)21)2-1-3-14(15)19/h1-7,10H,8H2,(H,20,21). The Morgan fingerprint density at radius 1 is 1.24 bits per heavy atom. The summed E-state index contributed by atoms with van der Waals surface area (Å²) >= 11 is 0. The Kier molecular flexibility index (Phi) is 3.13. The van der Waals surface area contributed by atoms with E-state index in [4.69, 9.17) is 5.26 Å². The van der Waals surface area contributed by atoms with E-state index < -0.39 is 5.97 Å². The van der Waals surface area contributed by atoms with Crippen LogP contribution in [-0.4, -0.2) is 20.6 Å². The maximum atomic E-state index is 11.2. The van der Waals surface area contributed by atoms with Crippen LogP contribution in [0.3, 0.4) is 0 Å². The largest absolute Gasteiger partial charge is 0.478 e. The van der Waals surface area contributed by atoms with E-state index in [1.165, 1.54) is 6.07 Å². The minimum Gasteiger partial charge on any atom is -0.478 e. The molecule has 0 aliphatic rings. The number of para-hydroxylation sites is 1.